The average molecular weight is 494 g/mol. The van der Waals surface area contributed by atoms with Gasteiger partial charge in [0.05, 0.1) is 0 Å². The Bertz CT molecular complexity index is 1070. The summed E-state index contributed by atoms with van der Waals surface area (Å²) in [4.78, 5) is 0. The summed E-state index contributed by atoms with van der Waals surface area (Å²) in [5.41, 5.74) is 12.2. The molecule has 0 amide bonds. The van der Waals surface area contributed by atoms with Gasteiger partial charge in [0, 0.05) is 5.33 Å². The quantitative estimate of drug-likeness (QED) is 0.361. The van der Waals surface area contributed by atoms with E-state index >= 15 is 0 Å². The molecule has 0 radical (unpaired) electrons. The first-order valence-electron chi connectivity index (χ1n) is 12.7. The molecule has 1 saturated carbocycles. The predicted molar refractivity (Wildman–Crippen MR) is 142 cm³/mol. The number of rotatable bonds is 2. The van der Waals surface area contributed by atoms with Crippen molar-refractivity contribution in [3.05, 3.63) is 63.8 Å². The number of alkyl halides is 1. The maximum absolute atomic E-state index is 3.73. The third-order valence-corrected chi connectivity index (χ3v) is 11.8. The molecule has 1 aromatic carbocycles. The summed E-state index contributed by atoms with van der Waals surface area (Å²) in [5.74, 6) is 1.26. The smallest absolute Gasteiger partial charge is 0.00720 e. The van der Waals surface area contributed by atoms with Crippen molar-refractivity contribution >= 4 is 21.5 Å². The van der Waals surface area contributed by atoms with Gasteiger partial charge in [-0.1, -0.05) is 107 Å². The minimum Gasteiger partial charge on any atom is -0.0924 e. The first-order chi connectivity index (χ1) is 14.9. The fraction of sp³-hybridized carbons (Fsp3) is 0.613. The van der Waals surface area contributed by atoms with Crippen LogP contribution in [-0.4, -0.2) is 5.33 Å². The van der Waals surface area contributed by atoms with E-state index in [0.29, 0.717) is 11.8 Å². The highest BCUT2D eigenvalue weighted by Crippen LogP contribution is 2.74. The van der Waals surface area contributed by atoms with Crippen molar-refractivity contribution in [2.75, 3.05) is 5.33 Å². The van der Waals surface area contributed by atoms with E-state index in [2.05, 4.69) is 102 Å². The predicted octanol–water partition coefficient (Wildman–Crippen LogP) is 8.94. The van der Waals surface area contributed by atoms with Gasteiger partial charge in [-0.25, -0.2) is 0 Å². The number of hydrogen-bond donors (Lipinski definition) is 0. The van der Waals surface area contributed by atoms with Gasteiger partial charge in [0.1, 0.15) is 0 Å². The maximum Gasteiger partial charge on any atom is 0.00720 e. The van der Waals surface area contributed by atoms with Gasteiger partial charge in [0.15, 0.2) is 0 Å². The fourth-order valence-corrected chi connectivity index (χ4v) is 8.55. The van der Waals surface area contributed by atoms with Gasteiger partial charge >= 0.3 is 0 Å². The zero-order valence-electron chi connectivity index (χ0n) is 21.5. The lowest BCUT2D eigenvalue weighted by atomic mass is 9.34. The number of halogens is 1. The highest BCUT2D eigenvalue weighted by Gasteiger charge is 2.66. The molecule has 2 unspecified atom stereocenters. The molecule has 0 saturated heterocycles. The summed E-state index contributed by atoms with van der Waals surface area (Å²) in [7, 11) is 0. The summed E-state index contributed by atoms with van der Waals surface area (Å²) in [6, 6.07) is 7.07. The topological polar surface area (TPSA) is 0 Å². The van der Waals surface area contributed by atoms with Crippen molar-refractivity contribution in [2.45, 2.75) is 81.1 Å². The Labute approximate surface area is 204 Å². The highest BCUT2D eigenvalue weighted by atomic mass is 79.9. The van der Waals surface area contributed by atoms with Gasteiger partial charge in [-0.3, -0.25) is 0 Å². The molecule has 0 heterocycles. The normalized spacial score (nSPS) is 30.5. The van der Waals surface area contributed by atoms with Crippen molar-refractivity contribution in [3.8, 4) is 0 Å². The van der Waals surface area contributed by atoms with Crippen LogP contribution in [0.2, 0.25) is 0 Å². The average Bonchev–Trinajstić information content (AvgIpc) is 3.12. The molecule has 2 atom stereocenters. The Morgan fingerprint density at radius 1 is 0.969 bits per heavy atom. The molecule has 32 heavy (non-hydrogen) atoms. The van der Waals surface area contributed by atoms with E-state index in [9.17, 15) is 0 Å². The summed E-state index contributed by atoms with van der Waals surface area (Å²) in [5, 5.41) is 1.03. The van der Waals surface area contributed by atoms with E-state index in [-0.39, 0.29) is 21.7 Å². The first-order valence-corrected chi connectivity index (χ1v) is 13.8. The molecule has 0 bridgehead atoms. The van der Waals surface area contributed by atoms with E-state index in [0.717, 1.165) is 18.2 Å². The van der Waals surface area contributed by atoms with Crippen LogP contribution in [0.5, 0.6) is 0 Å². The molecular formula is C31H41Br. The van der Waals surface area contributed by atoms with Crippen molar-refractivity contribution in [3.63, 3.8) is 0 Å². The molecule has 1 fully saturated rings. The first kappa shape index (κ1) is 22.7. The molecule has 172 valence electrons. The molecular weight excluding hydrogens is 452 g/mol. The third kappa shape index (κ3) is 2.56. The maximum atomic E-state index is 3.73. The van der Waals surface area contributed by atoms with Crippen molar-refractivity contribution in [2.24, 2.45) is 33.5 Å². The van der Waals surface area contributed by atoms with E-state index in [4.69, 9.17) is 0 Å². The van der Waals surface area contributed by atoms with Crippen molar-refractivity contribution < 1.29 is 0 Å². The standard InChI is InChI=1S/C31H41Br/c1-28(2)26-22-15-10-9-14-21(22)25-23(18-20-13-11-12-19(16-17-32)24(20)25)27(26)29(3,4)31(7,8)30(28,5)6/h9,11-14,22,26H,10,15-18H2,1-8H3. The molecule has 1 aromatic rings. The number of hydrogen-bond acceptors (Lipinski definition) is 0. The van der Waals surface area contributed by atoms with E-state index < -0.39 is 0 Å². The van der Waals surface area contributed by atoms with Crippen molar-refractivity contribution in [1.29, 1.82) is 0 Å². The van der Waals surface area contributed by atoms with Gasteiger partial charge in [-0.2, -0.15) is 0 Å². The van der Waals surface area contributed by atoms with Gasteiger partial charge in [0.25, 0.3) is 0 Å². The van der Waals surface area contributed by atoms with Crippen LogP contribution in [0, 0.1) is 33.5 Å². The van der Waals surface area contributed by atoms with Crippen LogP contribution < -0.4 is 0 Å². The SMILES string of the molecule is CC1(C)C2=C3Cc4cccc(CCBr)c4C3=C3C=CCCC3C2C(C)(C)C(C)(C)C1(C)C. The van der Waals surface area contributed by atoms with Crippen LogP contribution in [0.4, 0.5) is 0 Å². The zero-order valence-corrected chi connectivity index (χ0v) is 23.0. The fourth-order valence-electron chi connectivity index (χ4n) is 8.12. The molecule has 4 aliphatic carbocycles. The summed E-state index contributed by atoms with van der Waals surface area (Å²) < 4.78 is 0. The Hall–Kier alpha value is -1.08. The molecule has 0 nitrogen and oxygen atoms in total. The van der Waals surface area contributed by atoms with Crippen LogP contribution in [0.15, 0.2) is 47.1 Å². The van der Waals surface area contributed by atoms with Gasteiger partial charge in [0.2, 0.25) is 0 Å². The second kappa shape index (κ2) is 6.97. The minimum absolute atomic E-state index is 0.154. The van der Waals surface area contributed by atoms with Gasteiger partial charge in [-0.05, 0) is 92.6 Å². The number of fused-ring (bicyclic) bond motifs is 6. The van der Waals surface area contributed by atoms with Crippen molar-refractivity contribution in [1.82, 2.24) is 0 Å². The van der Waals surface area contributed by atoms with E-state index in [1.807, 2.05) is 0 Å². The zero-order chi connectivity index (χ0) is 23.3. The Morgan fingerprint density at radius 3 is 2.38 bits per heavy atom. The Balaban J connectivity index is 1.88. The van der Waals surface area contributed by atoms with Gasteiger partial charge in [-0.15, -0.1) is 0 Å². The van der Waals surface area contributed by atoms with Gasteiger partial charge < -0.3 is 0 Å². The largest absolute Gasteiger partial charge is 0.0924 e. The summed E-state index contributed by atoms with van der Waals surface area (Å²) in [6.45, 7) is 20.6. The summed E-state index contributed by atoms with van der Waals surface area (Å²) in [6.07, 6.45) is 9.71. The molecule has 0 aromatic heterocycles. The molecule has 4 aliphatic rings. The summed E-state index contributed by atoms with van der Waals surface area (Å²) >= 11 is 3.73. The van der Waals surface area contributed by atoms with Crippen LogP contribution in [0.1, 0.15) is 84.9 Å². The van der Waals surface area contributed by atoms with Crippen LogP contribution in [0.25, 0.3) is 5.57 Å². The van der Waals surface area contributed by atoms with Crippen LogP contribution >= 0.6 is 15.9 Å². The Morgan fingerprint density at radius 2 is 1.69 bits per heavy atom. The molecule has 0 aliphatic heterocycles. The molecule has 0 N–H and O–H groups in total. The van der Waals surface area contributed by atoms with Crippen LogP contribution in [0.3, 0.4) is 0 Å². The lowest BCUT2D eigenvalue weighted by molar-refractivity contribution is -0.150. The number of allylic oxidation sites excluding steroid dienone is 6. The van der Waals surface area contributed by atoms with E-state index in [1.165, 1.54) is 18.4 Å². The Kier molecular flexibility index (Phi) is 4.94. The highest BCUT2D eigenvalue weighted by molar-refractivity contribution is 9.09. The number of aryl methyl sites for hydroxylation is 1. The molecule has 1 heteroatoms. The minimum atomic E-state index is 0.154. The third-order valence-electron chi connectivity index (χ3n) is 11.4. The second-order valence-electron chi connectivity index (χ2n) is 13.0. The number of benzene rings is 1. The second-order valence-corrected chi connectivity index (χ2v) is 13.7. The molecule has 5 rings (SSSR count). The van der Waals surface area contributed by atoms with Crippen LogP contribution in [-0.2, 0) is 12.8 Å². The van der Waals surface area contributed by atoms with E-state index in [1.54, 1.807) is 33.4 Å². The lowest BCUT2D eigenvalue weighted by Gasteiger charge is -2.70. The monoisotopic (exact) mass is 492 g/mol. The lowest BCUT2D eigenvalue weighted by Crippen LogP contribution is -2.63. The molecule has 0 spiro atoms.